The third-order valence-corrected chi connectivity index (χ3v) is 3.37. The molecule has 0 aliphatic heterocycles. The number of ether oxygens (including phenoxy) is 1. The summed E-state index contributed by atoms with van der Waals surface area (Å²) in [5, 5.41) is 1.00. The molecule has 0 amide bonds. The molecule has 102 valence electrons. The van der Waals surface area contributed by atoms with Crippen molar-refractivity contribution in [2.45, 2.75) is 19.9 Å². The number of aromatic nitrogens is 1. The van der Waals surface area contributed by atoms with E-state index in [9.17, 15) is 0 Å². The van der Waals surface area contributed by atoms with Crippen molar-refractivity contribution in [3.63, 3.8) is 0 Å². The van der Waals surface area contributed by atoms with Crippen molar-refractivity contribution < 1.29 is 4.74 Å². The number of nitrogens with two attached hydrogens (primary N) is 1. The first-order valence-electron chi connectivity index (χ1n) is 6.57. The van der Waals surface area contributed by atoms with Crippen molar-refractivity contribution in [2.75, 3.05) is 30.9 Å². The molecule has 0 aliphatic rings. The van der Waals surface area contributed by atoms with Gasteiger partial charge in [0.1, 0.15) is 0 Å². The van der Waals surface area contributed by atoms with Crippen LogP contribution in [-0.4, -0.2) is 31.3 Å². The molecule has 0 radical (unpaired) electrons. The molecule has 2 aromatic rings. The van der Waals surface area contributed by atoms with Gasteiger partial charge in [-0.1, -0.05) is 0 Å². The van der Waals surface area contributed by atoms with Gasteiger partial charge in [0.15, 0.2) is 0 Å². The molecule has 0 aliphatic carbocycles. The zero-order valence-corrected chi connectivity index (χ0v) is 11.8. The number of methoxy groups -OCH3 is 1. The van der Waals surface area contributed by atoms with Crippen LogP contribution < -0.4 is 10.6 Å². The molecule has 2 N–H and O–H groups in total. The minimum atomic E-state index is 0.295. The van der Waals surface area contributed by atoms with E-state index < -0.39 is 0 Å². The predicted molar refractivity (Wildman–Crippen MR) is 80.5 cm³/mol. The maximum absolute atomic E-state index is 6.02. The summed E-state index contributed by atoms with van der Waals surface area (Å²) in [6.45, 7) is 5.88. The summed E-state index contributed by atoms with van der Waals surface area (Å²) in [5.41, 5.74) is 8.84. The first-order chi connectivity index (χ1) is 9.19. The third kappa shape index (κ3) is 2.63. The zero-order valence-electron chi connectivity index (χ0n) is 11.8. The Labute approximate surface area is 114 Å². The van der Waals surface area contributed by atoms with Gasteiger partial charge in [-0.25, -0.2) is 0 Å². The molecule has 1 aromatic carbocycles. The van der Waals surface area contributed by atoms with E-state index in [4.69, 9.17) is 10.5 Å². The van der Waals surface area contributed by atoms with Gasteiger partial charge in [0, 0.05) is 37.0 Å². The zero-order chi connectivity index (χ0) is 13.8. The molecule has 1 atom stereocenters. The number of pyridine rings is 1. The van der Waals surface area contributed by atoms with Crippen LogP contribution in [0.2, 0.25) is 0 Å². The highest BCUT2D eigenvalue weighted by Gasteiger charge is 2.16. The number of benzene rings is 1. The minimum Gasteiger partial charge on any atom is -0.398 e. The molecule has 19 heavy (non-hydrogen) atoms. The summed E-state index contributed by atoms with van der Waals surface area (Å²) in [5.74, 6) is 0. The van der Waals surface area contributed by atoms with Crippen LogP contribution in [0.1, 0.15) is 13.8 Å². The molecular weight excluding hydrogens is 238 g/mol. The van der Waals surface area contributed by atoms with Gasteiger partial charge in [-0.2, -0.15) is 0 Å². The van der Waals surface area contributed by atoms with Crippen LogP contribution in [-0.2, 0) is 4.74 Å². The van der Waals surface area contributed by atoms with Crippen molar-refractivity contribution in [3.8, 4) is 0 Å². The second-order valence-corrected chi connectivity index (χ2v) is 4.66. The summed E-state index contributed by atoms with van der Waals surface area (Å²) in [4.78, 5) is 6.78. The van der Waals surface area contributed by atoms with Gasteiger partial charge in [-0.15, -0.1) is 0 Å². The molecular formula is C15H21N3O. The Balaban J connectivity index is 2.52. The summed E-state index contributed by atoms with van der Waals surface area (Å²) in [6, 6.07) is 8.21. The van der Waals surface area contributed by atoms with Gasteiger partial charge in [0.25, 0.3) is 0 Å². The smallest absolute Gasteiger partial charge is 0.0956 e. The average molecular weight is 259 g/mol. The Morgan fingerprint density at radius 3 is 2.84 bits per heavy atom. The van der Waals surface area contributed by atoms with Crippen molar-refractivity contribution in [1.29, 1.82) is 0 Å². The highest BCUT2D eigenvalue weighted by molar-refractivity contribution is 5.98. The molecule has 4 heteroatoms. The standard InChI is InChI=1S/C15H21N3O/c1-4-18(11(2)10-19-3)14-8-7-13(16)12-6-5-9-17-15(12)14/h5-9,11H,4,10,16H2,1-3H3. The molecule has 0 fully saturated rings. The number of hydrogen-bond donors (Lipinski definition) is 1. The van der Waals surface area contributed by atoms with E-state index in [-0.39, 0.29) is 0 Å². The van der Waals surface area contributed by atoms with Crippen LogP contribution >= 0.6 is 0 Å². The highest BCUT2D eigenvalue weighted by atomic mass is 16.5. The summed E-state index contributed by atoms with van der Waals surface area (Å²) in [7, 11) is 1.73. The molecule has 0 saturated carbocycles. The number of anilines is 2. The Morgan fingerprint density at radius 2 is 2.16 bits per heavy atom. The topological polar surface area (TPSA) is 51.4 Å². The van der Waals surface area contributed by atoms with Gasteiger partial charge in [0.2, 0.25) is 0 Å². The van der Waals surface area contributed by atoms with Gasteiger partial charge in [-0.05, 0) is 38.1 Å². The molecule has 0 bridgehead atoms. The maximum atomic E-state index is 6.02. The highest BCUT2D eigenvalue weighted by Crippen LogP contribution is 2.30. The Hall–Kier alpha value is -1.81. The second kappa shape index (κ2) is 5.89. The maximum Gasteiger partial charge on any atom is 0.0956 e. The third-order valence-electron chi connectivity index (χ3n) is 3.37. The first-order valence-corrected chi connectivity index (χ1v) is 6.57. The van der Waals surface area contributed by atoms with Crippen LogP contribution in [0.3, 0.4) is 0 Å². The molecule has 1 heterocycles. The summed E-state index contributed by atoms with van der Waals surface area (Å²) >= 11 is 0. The van der Waals surface area contributed by atoms with Crippen LogP contribution in [0.4, 0.5) is 11.4 Å². The fourth-order valence-corrected chi connectivity index (χ4v) is 2.46. The lowest BCUT2D eigenvalue weighted by Gasteiger charge is -2.30. The monoisotopic (exact) mass is 259 g/mol. The number of fused-ring (bicyclic) bond motifs is 1. The first kappa shape index (κ1) is 13.6. The Kier molecular flexibility index (Phi) is 4.22. The van der Waals surface area contributed by atoms with E-state index in [2.05, 4.69) is 23.7 Å². The van der Waals surface area contributed by atoms with Crippen molar-refractivity contribution in [2.24, 2.45) is 0 Å². The number of nitrogen functional groups attached to an aromatic ring is 1. The SMILES string of the molecule is CCN(c1ccc(N)c2cccnc12)C(C)COC. The Bertz CT molecular complexity index is 556. The van der Waals surface area contributed by atoms with Crippen LogP contribution in [0.25, 0.3) is 10.9 Å². The van der Waals surface area contributed by atoms with E-state index in [0.717, 1.165) is 28.8 Å². The fourth-order valence-electron chi connectivity index (χ4n) is 2.46. The van der Waals surface area contributed by atoms with E-state index in [1.165, 1.54) is 0 Å². The predicted octanol–water partition coefficient (Wildman–Crippen LogP) is 2.68. The van der Waals surface area contributed by atoms with Gasteiger partial charge in [0.05, 0.1) is 17.8 Å². The number of hydrogen-bond acceptors (Lipinski definition) is 4. The lowest BCUT2D eigenvalue weighted by molar-refractivity contribution is 0.182. The van der Waals surface area contributed by atoms with E-state index >= 15 is 0 Å². The van der Waals surface area contributed by atoms with Gasteiger partial charge < -0.3 is 15.4 Å². The number of rotatable bonds is 5. The molecule has 1 aromatic heterocycles. The normalized spacial score (nSPS) is 12.6. The van der Waals surface area contributed by atoms with Crippen LogP contribution in [0, 0.1) is 0 Å². The fraction of sp³-hybridized carbons (Fsp3) is 0.400. The number of likely N-dealkylation sites (N-methyl/N-ethyl adjacent to an activating group) is 1. The van der Waals surface area contributed by atoms with E-state index in [1.54, 1.807) is 13.3 Å². The van der Waals surface area contributed by atoms with E-state index in [1.807, 2.05) is 24.3 Å². The molecule has 1 unspecified atom stereocenters. The minimum absolute atomic E-state index is 0.295. The second-order valence-electron chi connectivity index (χ2n) is 4.66. The summed E-state index contributed by atoms with van der Waals surface area (Å²) in [6.07, 6.45) is 1.81. The lowest BCUT2D eigenvalue weighted by Crippen LogP contribution is -2.36. The summed E-state index contributed by atoms with van der Waals surface area (Å²) < 4.78 is 5.26. The largest absolute Gasteiger partial charge is 0.398 e. The van der Waals surface area contributed by atoms with E-state index in [0.29, 0.717) is 12.6 Å². The lowest BCUT2D eigenvalue weighted by atomic mass is 10.1. The van der Waals surface area contributed by atoms with Crippen molar-refractivity contribution in [3.05, 3.63) is 30.5 Å². The quantitative estimate of drug-likeness (QED) is 0.839. The number of nitrogens with zero attached hydrogens (tertiary/aromatic N) is 2. The molecule has 4 nitrogen and oxygen atoms in total. The molecule has 0 saturated heterocycles. The average Bonchev–Trinajstić information content (AvgIpc) is 2.43. The van der Waals surface area contributed by atoms with Crippen molar-refractivity contribution >= 4 is 22.3 Å². The Morgan fingerprint density at radius 1 is 1.37 bits per heavy atom. The van der Waals surface area contributed by atoms with Crippen molar-refractivity contribution in [1.82, 2.24) is 4.98 Å². The van der Waals surface area contributed by atoms with Crippen LogP contribution in [0.15, 0.2) is 30.5 Å². The molecule has 2 rings (SSSR count). The van der Waals surface area contributed by atoms with Gasteiger partial charge >= 0.3 is 0 Å². The van der Waals surface area contributed by atoms with Gasteiger partial charge in [-0.3, -0.25) is 4.98 Å². The van der Waals surface area contributed by atoms with Crippen LogP contribution in [0.5, 0.6) is 0 Å². The molecule has 0 spiro atoms.